The Labute approximate surface area is 138 Å². The van der Waals surface area contributed by atoms with Crippen molar-refractivity contribution in [1.82, 2.24) is 14.5 Å². The molecule has 2 rings (SSSR count). The van der Waals surface area contributed by atoms with Crippen LogP contribution < -0.4 is 5.32 Å². The van der Waals surface area contributed by atoms with Gasteiger partial charge in [-0.1, -0.05) is 0 Å². The second-order valence-corrected chi connectivity index (χ2v) is 8.07. The Balaban J connectivity index is 2.10. The first-order chi connectivity index (χ1) is 10.9. The van der Waals surface area contributed by atoms with Gasteiger partial charge in [-0.15, -0.1) is 0 Å². The number of benzene rings is 1. The molecule has 0 bridgehead atoms. The topological polar surface area (TPSA) is 69.7 Å². The number of nitrogens with one attached hydrogen (secondary N) is 1. The van der Waals surface area contributed by atoms with Gasteiger partial charge in [0.1, 0.15) is 0 Å². The van der Waals surface area contributed by atoms with Crippen molar-refractivity contribution < 1.29 is 13.2 Å². The van der Waals surface area contributed by atoms with Crippen molar-refractivity contribution in [3.63, 3.8) is 0 Å². The van der Waals surface area contributed by atoms with E-state index in [1.165, 1.54) is 17.0 Å². The largest absolute Gasteiger partial charge is 0.345 e. The molecule has 0 spiro atoms. The standard InChI is InChI=1S/C16H25N3O3S/c1-17-12-13-8-10-19(11-9-13)23(21,22)15-6-4-14(5-7-15)16(20)18(2)3/h4-7,13,17H,8-12H2,1-3H3. The molecule has 1 fully saturated rings. The lowest BCUT2D eigenvalue weighted by molar-refractivity contribution is 0.0827. The number of hydrogen-bond donors (Lipinski definition) is 1. The fraction of sp³-hybridized carbons (Fsp3) is 0.562. The lowest BCUT2D eigenvalue weighted by Crippen LogP contribution is -2.40. The molecule has 128 valence electrons. The number of piperidine rings is 1. The van der Waals surface area contributed by atoms with Gasteiger partial charge in [0, 0.05) is 32.7 Å². The van der Waals surface area contributed by atoms with Gasteiger partial charge < -0.3 is 10.2 Å². The molecule has 0 unspecified atom stereocenters. The molecule has 0 saturated carbocycles. The van der Waals surface area contributed by atoms with E-state index in [9.17, 15) is 13.2 Å². The molecule has 1 saturated heterocycles. The van der Waals surface area contributed by atoms with Crippen molar-refractivity contribution in [2.24, 2.45) is 5.92 Å². The van der Waals surface area contributed by atoms with E-state index in [0.29, 0.717) is 24.6 Å². The number of carbonyl (C=O) groups is 1. The van der Waals surface area contributed by atoms with Crippen LogP contribution in [0.5, 0.6) is 0 Å². The van der Waals surface area contributed by atoms with Crippen molar-refractivity contribution >= 4 is 15.9 Å². The average molecular weight is 339 g/mol. The molecule has 1 aliphatic heterocycles. The third kappa shape index (κ3) is 4.10. The first-order valence-corrected chi connectivity index (χ1v) is 9.26. The molecule has 1 aromatic carbocycles. The zero-order valence-electron chi connectivity index (χ0n) is 13.9. The normalized spacial score (nSPS) is 17.2. The SMILES string of the molecule is CNCC1CCN(S(=O)(=O)c2ccc(C(=O)N(C)C)cc2)CC1. The van der Waals surface area contributed by atoms with Crippen LogP contribution in [0.25, 0.3) is 0 Å². The molecular formula is C16H25N3O3S. The van der Waals surface area contributed by atoms with Crippen LogP contribution in [0, 0.1) is 5.92 Å². The number of hydrogen-bond acceptors (Lipinski definition) is 4. The minimum absolute atomic E-state index is 0.137. The van der Waals surface area contributed by atoms with E-state index in [-0.39, 0.29) is 10.8 Å². The molecule has 1 N–H and O–H groups in total. The van der Waals surface area contributed by atoms with E-state index >= 15 is 0 Å². The van der Waals surface area contributed by atoms with Crippen LogP contribution in [0.4, 0.5) is 0 Å². The van der Waals surface area contributed by atoms with Gasteiger partial charge in [0.25, 0.3) is 5.91 Å². The van der Waals surface area contributed by atoms with Gasteiger partial charge in [0.2, 0.25) is 10.0 Å². The number of rotatable bonds is 5. The first-order valence-electron chi connectivity index (χ1n) is 7.82. The van der Waals surface area contributed by atoms with Crippen molar-refractivity contribution in [2.45, 2.75) is 17.7 Å². The number of carbonyl (C=O) groups excluding carboxylic acids is 1. The Morgan fingerprint density at radius 1 is 1.22 bits per heavy atom. The summed E-state index contributed by atoms with van der Waals surface area (Å²) in [5.74, 6) is 0.397. The van der Waals surface area contributed by atoms with E-state index in [2.05, 4.69) is 5.32 Å². The van der Waals surface area contributed by atoms with Crippen LogP contribution in [0.2, 0.25) is 0 Å². The van der Waals surface area contributed by atoms with E-state index in [1.807, 2.05) is 7.05 Å². The lowest BCUT2D eigenvalue weighted by atomic mass is 9.98. The van der Waals surface area contributed by atoms with Gasteiger partial charge in [0.05, 0.1) is 4.90 Å². The van der Waals surface area contributed by atoms with Crippen LogP contribution >= 0.6 is 0 Å². The monoisotopic (exact) mass is 339 g/mol. The zero-order valence-corrected chi connectivity index (χ0v) is 14.8. The maximum Gasteiger partial charge on any atom is 0.253 e. The molecule has 0 atom stereocenters. The van der Waals surface area contributed by atoms with Crippen molar-refractivity contribution in [1.29, 1.82) is 0 Å². The average Bonchev–Trinajstić information content (AvgIpc) is 2.55. The highest BCUT2D eigenvalue weighted by atomic mass is 32.2. The van der Waals surface area contributed by atoms with E-state index < -0.39 is 10.0 Å². The summed E-state index contributed by atoms with van der Waals surface area (Å²) < 4.78 is 26.9. The summed E-state index contributed by atoms with van der Waals surface area (Å²) in [5, 5.41) is 3.14. The Morgan fingerprint density at radius 2 is 1.78 bits per heavy atom. The first kappa shape index (κ1) is 17.9. The highest BCUT2D eigenvalue weighted by Crippen LogP contribution is 2.23. The van der Waals surface area contributed by atoms with E-state index in [1.54, 1.807) is 30.5 Å². The summed E-state index contributed by atoms with van der Waals surface area (Å²) >= 11 is 0. The van der Waals surface area contributed by atoms with Gasteiger partial charge in [-0.3, -0.25) is 4.79 Å². The minimum Gasteiger partial charge on any atom is -0.345 e. The third-order valence-electron chi connectivity index (χ3n) is 4.21. The number of amides is 1. The maximum atomic E-state index is 12.7. The van der Waals surface area contributed by atoms with Crippen LogP contribution in [-0.4, -0.2) is 64.3 Å². The summed E-state index contributed by atoms with van der Waals surface area (Å²) in [7, 11) is 1.78. The summed E-state index contributed by atoms with van der Waals surface area (Å²) in [4.78, 5) is 13.6. The minimum atomic E-state index is -3.48. The van der Waals surface area contributed by atoms with Gasteiger partial charge in [-0.05, 0) is 56.6 Å². The van der Waals surface area contributed by atoms with Crippen LogP contribution in [0.1, 0.15) is 23.2 Å². The lowest BCUT2D eigenvalue weighted by Gasteiger charge is -2.31. The molecule has 6 nitrogen and oxygen atoms in total. The van der Waals surface area contributed by atoms with Gasteiger partial charge in [0.15, 0.2) is 0 Å². The Bertz CT molecular complexity index is 633. The fourth-order valence-electron chi connectivity index (χ4n) is 2.82. The zero-order chi connectivity index (χ0) is 17.0. The Morgan fingerprint density at radius 3 is 2.26 bits per heavy atom. The van der Waals surface area contributed by atoms with Crippen LogP contribution in [-0.2, 0) is 10.0 Å². The quantitative estimate of drug-likeness (QED) is 0.869. The molecule has 23 heavy (non-hydrogen) atoms. The van der Waals surface area contributed by atoms with Crippen molar-refractivity contribution in [2.75, 3.05) is 40.8 Å². The predicted octanol–water partition coefficient (Wildman–Crippen LogP) is 1.01. The Hall–Kier alpha value is -1.44. The van der Waals surface area contributed by atoms with E-state index in [0.717, 1.165) is 19.4 Å². The maximum absolute atomic E-state index is 12.7. The number of nitrogens with zero attached hydrogens (tertiary/aromatic N) is 2. The highest BCUT2D eigenvalue weighted by Gasteiger charge is 2.29. The molecule has 0 radical (unpaired) electrons. The highest BCUT2D eigenvalue weighted by molar-refractivity contribution is 7.89. The summed E-state index contributed by atoms with van der Waals surface area (Å²) in [5.41, 5.74) is 0.488. The third-order valence-corrected chi connectivity index (χ3v) is 6.12. The molecule has 1 aliphatic rings. The van der Waals surface area contributed by atoms with Crippen molar-refractivity contribution in [3.8, 4) is 0 Å². The van der Waals surface area contributed by atoms with Gasteiger partial charge in [-0.25, -0.2) is 8.42 Å². The summed E-state index contributed by atoms with van der Waals surface area (Å²) in [6, 6.07) is 6.18. The second kappa shape index (κ2) is 7.42. The van der Waals surface area contributed by atoms with Gasteiger partial charge >= 0.3 is 0 Å². The number of sulfonamides is 1. The molecule has 7 heteroatoms. The molecular weight excluding hydrogens is 314 g/mol. The van der Waals surface area contributed by atoms with Crippen molar-refractivity contribution in [3.05, 3.63) is 29.8 Å². The van der Waals surface area contributed by atoms with Crippen LogP contribution in [0.15, 0.2) is 29.2 Å². The second-order valence-electron chi connectivity index (χ2n) is 6.13. The molecule has 0 aliphatic carbocycles. The smallest absolute Gasteiger partial charge is 0.253 e. The summed E-state index contributed by atoms with van der Waals surface area (Å²) in [6.45, 7) is 2.02. The molecule has 0 aromatic heterocycles. The predicted molar refractivity (Wildman–Crippen MR) is 89.9 cm³/mol. The summed E-state index contributed by atoms with van der Waals surface area (Å²) in [6.07, 6.45) is 1.74. The Kier molecular flexibility index (Phi) is 5.78. The van der Waals surface area contributed by atoms with E-state index in [4.69, 9.17) is 0 Å². The molecule has 1 aromatic rings. The molecule has 1 heterocycles. The molecule has 1 amide bonds. The fourth-order valence-corrected chi connectivity index (χ4v) is 4.29. The van der Waals surface area contributed by atoms with Gasteiger partial charge in [-0.2, -0.15) is 4.31 Å². The van der Waals surface area contributed by atoms with Crippen LogP contribution in [0.3, 0.4) is 0 Å².